The lowest BCUT2D eigenvalue weighted by molar-refractivity contribution is -0.141. The Labute approximate surface area is 112 Å². The Kier molecular flexibility index (Phi) is 5.29. The highest BCUT2D eigenvalue weighted by Crippen LogP contribution is 2.17. The molecule has 0 radical (unpaired) electrons. The van der Waals surface area contributed by atoms with Crippen LogP contribution in [0.25, 0.3) is 0 Å². The lowest BCUT2D eigenvalue weighted by Crippen LogP contribution is -2.13. The Bertz CT molecular complexity index is 542. The predicted molar refractivity (Wildman–Crippen MR) is 71.9 cm³/mol. The summed E-state index contributed by atoms with van der Waals surface area (Å²) in [7, 11) is -3.32. The molecular weight excluding hydrogens is 268 g/mol. The number of hydrogen-bond donors (Lipinski definition) is 2. The number of pyridine rings is 1. The van der Waals surface area contributed by atoms with E-state index in [1.165, 1.54) is 12.3 Å². The Balaban J connectivity index is 2.57. The van der Waals surface area contributed by atoms with Crippen molar-refractivity contribution in [2.75, 3.05) is 18.1 Å². The molecular formula is C12H18N2O4S. The fourth-order valence-electron chi connectivity index (χ4n) is 1.56. The summed E-state index contributed by atoms with van der Waals surface area (Å²) in [6, 6.07) is 3.05. The number of sulfone groups is 1. The number of aliphatic carboxylic acids is 1. The lowest BCUT2D eigenvalue weighted by atomic mass is 10.1. The molecule has 0 bridgehead atoms. The summed E-state index contributed by atoms with van der Waals surface area (Å²) in [5.74, 6) is -0.914. The zero-order valence-electron chi connectivity index (χ0n) is 11.0. The Morgan fingerprint density at radius 1 is 1.53 bits per heavy atom. The third-order valence-corrected chi connectivity index (χ3v) is 3.83. The van der Waals surface area contributed by atoms with Gasteiger partial charge in [0, 0.05) is 19.0 Å². The van der Waals surface area contributed by atoms with Crippen LogP contribution in [-0.4, -0.2) is 37.3 Å². The van der Waals surface area contributed by atoms with Gasteiger partial charge >= 0.3 is 5.97 Å². The molecule has 1 aromatic heterocycles. The quantitative estimate of drug-likeness (QED) is 0.735. The minimum absolute atomic E-state index is 0.154. The number of carboxylic acid groups (broad SMARTS) is 1. The molecule has 1 aromatic rings. The second-order valence-corrected chi connectivity index (χ2v) is 6.41. The van der Waals surface area contributed by atoms with Gasteiger partial charge in [0.15, 0.2) is 9.84 Å². The van der Waals surface area contributed by atoms with Crippen molar-refractivity contribution in [3.63, 3.8) is 0 Å². The first-order valence-electron chi connectivity index (χ1n) is 5.94. The first-order chi connectivity index (χ1) is 8.82. The van der Waals surface area contributed by atoms with E-state index in [0.717, 1.165) is 6.26 Å². The number of rotatable bonds is 7. The molecule has 0 saturated heterocycles. The predicted octanol–water partition coefficient (Wildman–Crippen LogP) is 1.40. The Morgan fingerprint density at radius 2 is 2.21 bits per heavy atom. The van der Waals surface area contributed by atoms with Gasteiger partial charge in [-0.25, -0.2) is 13.4 Å². The maximum Gasteiger partial charge on any atom is 0.306 e. The van der Waals surface area contributed by atoms with Crippen LogP contribution in [0, 0.1) is 5.92 Å². The van der Waals surface area contributed by atoms with Crippen LogP contribution >= 0.6 is 0 Å². The first-order valence-corrected chi connectivity index (χ1v) is 7.83. The van der Waals surface area contributed by atoms with Crippen molar-refractivity contribution in [3.8, 4) is 0 Å². The highest BCUT2D eigenvalue weighted by Gasteiger charge is 2.14. The molecule has 0 saturated carbocycles. The average Bonchev–Trinajstić information content (AvgIpc) is 2.33. The molecule has 1 unspecified atom stereocenters. The maximum absolute atomic E-state index is 11.5. The van der Waals surface area contributed by atoms with Crippen molar-refractivity contribution in [1.82, 2.24) is 4.98 Å². The van der Waals surface area contributed by atoms with Crippen LogP contribution in [0.1, 0.15) is 19.8 Å². The molecule has 0 aliphatic rings. The highest BCUT2D eigenvalue weighted by molar-refractivity contribution is 7.90. The van der Waals surface area contributed by atoms with E-state index < -0.39 is 21.7 Å². The molecule has 7 heteroatoms. The monoisotopic (exact) mass is 286 g/mol. The van der Waals surface area contributed by atoms with Gasteiger partial charge in [0.05, 0.1) is 5.92 Å². The smallest absolute Gasteiger partial charge is 0.306 e. The molecule has 1 heterocycles. The molecule has 6 nitrogen and oxygen atoms in total. The van der Waals surface area contributed by atoms with Crippen molar-refractivity contribution in [2.24, 2.45) is 5.92 Å². The van der Waals surface area contributed by atoms with Crippen molar-refractivity contribution < 1.29 is 18.3 Å². The normalized spacial score (nSPS) is 12.9. The zero-order valence-corrected chi connectivity index (χ0v) is 11.8. The van der Waals surface area contributed by atoms with Crippen LogP contribution < -0.4 is 5.32 Å². The van der Waals surface area contributed by atoms with Crippen LogP contribution in [0.5, 0.6) is 0 Å². The number of anilines is 1. The van der Waals surface area contributed by atoms with Crippen molar-refractivity contribution in [3.05, 3.63) is 18.3 Å². The van der Waals surface area contributed by atoms with Gasteiger partial charge < -0.3 is 10.4 Å². The summed E-state index contributed by atoms with van der Waals surface area (Å²) < 4.78 is 23.1. The largest absolute Gasteiger partial charge is 0.481 e. The molecule has 106 valence electrons. The van der Waals surface area contributed by atoms with Crippen molar-refractivity contribution in [2.45, 2.75) is 24.7 Å². The molecule has 0 aliphatic carbocycles. The fourth-order valence-corrected chi connectivity index (χ4v) is 2.36. The van der Waals surface area contributed by atoms with E-state index in [2.05, 4.69) is 10.3 Å². The van der Waals surface area contributed by atoms with Gasteiger partial charge in [-0.1, -0.05) is 6.92 Å². The number of nitrogens with zero attached hydrogens (tertiary/aromatic N) is 1. The van der Waals surface area contributed by atoms with Crippen molar-refractivity contribution in [1.29, 1.82) is 0 Å². The van der Waals surface area contributed by atoms with E-state index in [1.54, 1.807) is 13.0 Å². The molecule has 19 heavy (non-hydrogen) atoms. The lowest BCUT2D eigenvalue weighted by Gasteiger charge is -2.10. The SMILES string of the molecule is CC(CCCNc1ncccc1S(C)(=O)=O)C(=O)O. The molecule has 0 amide bonds. The van der Waals surface area contributed by atoms with E-state index in [1.807, 2.05) is 0 Å². The van der Waals surface area contributed by atoms with Gasteiger partial charge in [0.25, 0.3) is 0 Å². The third kappa shape index (κ3) is 4.86. The topological polar surface area (TPSA) is 96.4 Å². The summed E-state index contributed by atoms with van der Waals surface area (Å²) in [6.45, 7) is 2.13. The van der Waals surface area contributed by atoms with Crippen LogP contribution in [0.2, 0.25) is 0 Å². The second kappa shape index (κ2) is 6.51. The van der Waals surface area contributed by atoms with E-state index in [-0.39, 0.29) is 4.90 Å². The summed E-state index contributed by atoms with van der Waals surface area (Å²) in [5.41, 5.74) is 0. The Hall–Kier alpha value is -1.63. The summed E-state index contributed by atoms with van der Waals surface area (Å²) in [5, 5.41) is 11.7. The standard InChI is InChI=1S/C12H18N2O4S/c1-9(12(15)16)5-3-7-13-11-10(19(2,17)18)6-4-8-14-11/h4,6,8-9H,3,5,7H2,1-2H3,(H,13,14)(H,15,16). The number of hydrogen-bond acceptors (Lipinski definition) is 5. The summed E-state index contributed by atoms with van der Waals surface area (Å²) >= 11 is 0. The summed E-state index contributed by atoms with van der Waals surface area (Å²) in [6.07, 6.45) is 3.80. The molecule has 0 fully saturated rings. The molecule has 0 aromatic carbocycles. The number of nitrogens with one attached hydrogen (secondary N) is 1. The number of carboxylic acids is 1. The van der Waals surface area contributed by atoms with Gasteiger partial charge in [-0.15, -0.1) is 0 Å². The summed E-state index contributed by atoms with van der Waals surface area (Å²) in [4.78, 5) is 14.8. The van der Waals surface area contributed by atoms with Gasteiger partial charge in [-0.05, 0) is 25.0 Å². The van der Waals surface area contributed by atoms with E-state index in [4.69, 9.17) is 5.11 Å². The van der Waals surface area contributed by atoms with Crippen LogP contribution in [0.15, 0.2) is 23.2 Å². The van der Waals surface area contributed by atoms with E-state index in [9.17, 15) is 13.2 Å². The number of aromatic nitrogens is 1. The maximum atomic E-state index is 11.5. The molecule has 0 spiro atoms. The van der Waals surface area contributed by atoms with E-state index in [0.29, 0.717) is 25.2 Å². The van der Waals surface area contributed by atoms with Crippen molar-refractivity contribution >= 4 is 21.6 Å². The van der Waals surface area contributed by atoms with Crippen LogP contribution in [-0.2, 0) is 14.6 Å². The molecule has 0 aliphatic heterocycles. The van der Waals surface area contributed by atoms with Gasteiger partial charge in [-0.2, -0.15) is 0 Å². The van der Waals surface area contributed by atoms with Crippen LogP contribution in [0.4, 0.5) is 5.82 Å². The molecule has 2 N–H and O–H groups in total. The Morgan fingerprint density at radius 3 is 2.79 bits per heavy atom. The van der Waals surface area contributed by atoms with Gasteiger partial charge in [0.2, 0.25) is 0 Å². The van der Waals surface area contributed by atoms with E-state index >= 15 is 0 Å². The molecule has 1 atom stereocenters. The number of carbonyl (C=O) groups is 1. The zero-order chi connectivity index (χ0) is 14.5. The molecule has 1 rings (SSSR count). The highest BCUT2D eigenvalue weighted by atomic mass is 32.2. The first kappa shape index (κ1) is 15.4. The average molecular weight is 286 g/mol. The van der Waals surface area contributed by atoms with Crippen LogP contribution in [0.3, 0.4) is 0 Å². The second-order valence-electron chi connectivity index (χ2n) is 4.43. The fraction of sp³-hybridized carbons (Fsp3) is 0.500. The minimum atomic E-state index is -3.32. The third-order valence-electron chi connectivity index (χ3n) is 2.70. The van der Waals surface area contributed by atoms with Gasteiger partial charge in [-0.3, -0.25) is 4.79 Å². The minimum Gasteiger partial charge on any atom is -0.481 e. The van der Waals surface area contributed by atoms with Gasteiger partial charge in [0.1, 0.15) is 10.7 Å².